The standard InChI is InChI=1S/C7H11NO4/c1-7(2)8(6(10)11)5(3-9)4-12-7/h3,5H,4H2,1-2H3,(H,10,11)/t5-/m0/s1. The van der Waals surface area contributed by atoms with Gasteiger partial charge in [-0.1, -0.05) is 0 Å². The van der Waals surface area contributed by atoms with Gasteiger partial charge in [-0.3, -0.25) is 4.90 Å². The van der Waals surface area contributed by atoms with Crippen LogP contribution in [0.5, 0.6) is 0 Å². The fourth-order valence-corrected chi connectivity index (χ4v) is 1.31. The summed E-state index contributed by atoms with van der Waals surface area (Å²) in [6.07, 6.45) is -0.544. The SMILES string of the molecule is CC1(C)OC[C@H](C=O)N1C(=O)O. The second-order valence-electron chi connectivity index (χ2n) is 3.11. The summed E-state index contributed by atoms with van der Waals surface area (Å²) in [5, 5.41) is 8.74. The lowest BCUT2D eigenvalue weighted by Crippen LogP contribution is -2.47. The summed E-state index contributed by atoms with van der Waals surface area (Å²) in [5.74, 6) is 0. The van der Waals surface area contributed by atoms with Gasteiger partial charge in [-0.2, -0.15) is 0 Å². The van der Waals surface area contributed by atoms with Gasteiger partial charge in [-0.25, -0.2) is 4.79 Å². The van der Waals surface area contributed by atoms with E-state index >= 15 is 0 Å². The van der Waals surface area contributed by atoms with Crippen LogP contribution in [0.3, 0.4) is 0 Å². The Kier molecular flexibility index (Phi) is 2.06. The van der Waals surface area contributed by atoms with Gasteiger partial charge in [0.25, 0.3) is 0 Å². The molecule has 1 heterocycles. The van der Waals surface area contributed by atoms with Crippen LogP contribution >= 0.6 is 0 Å². The van der Waals surface area contributed by atoms with E-state index in [1.54, 1.807) is 13.8 Å². The van der Waals surface area contributed by atoms with Crippen molar-refractivity contribution in [2.24, 2.45) is 0 Å². The minimum atomic E-state index is -1.13. The van der Waals surface area contributed by atoms with E-state index in [1.807, 2.05) is 0 Å². The topological polar surface area (TPSA) is 66.8 Å². The molecule has 12 heavy (non-hydrogen) atoms. The summed E-state index contributed by atoms with van der Waals surface area (Å²) in [6.45, 7) is 3.37. The van der Waals surface area contributed by atoms with Crippen molar-refractivity contribution in [1.29, 1.82) is 0 Å². The molecule has 0 aromatic carbocycles. The van der Waals surface area contributed by atoms with Crippen LogP contribution in [-0.4, -0.2) is 40.8 Å². The number of ether oxygens (including phenoxy) is 1. The molecule has 1 N–H and O–H groups in total. The number of aldehydes is 1. The normalized spacial score (nSPS) is 27.2. The number of rotatable bonds is 1. The van der Waals surface area contributed by atoms with Crippen LogP contribution in [0.2, 0.25) is 0 Å². The monoisotopic (exact) mass is 173 g/mol. The largest absolute Gasteiger partial charge is 0.465 e. The zero-order valence-corrected chi connectivity index (χ0v) is 6.98. The van der Waals surface area contributed by atoms with Crippen LogP contribution in [0, 0.1) is 0 Å². The molecule has 1 aliphatic heterocycles. The molecule has 1 saturated heterocycles. The highest BCUT2D eigenvalue weighted by Crippen LogP contribution is 2.25. The number of nitrogens with zero attached hydrogens (tertiary/aromatic N) is 1. The zero-order chi connectivity index (χ0) is 9.35. The Bertz CT molecular complexity index is 213. The molecule has 0 aliphatic carbocycles. The van der Waals surface area contributed by atoms with Crippen molar-refractivity contribution in [2.45, 2.75) is 25.6 Å². The number of carbonyl (C=O) groups is 2. The van der Waals surface area contributed by atoms with Gasteiger partial charge in [-0.15, -0.1) is 0 Å². The summed E-state index contributed by atoms with van der Waals surface area (Å²) < 4.78 is 5.13. The van der Waals surface area contributed by atoms with Gasteiger partial charge in [0, 0.05) is 0 Å². The third-order valence-electron chi connectivity index (χ3n) is 1.88. The molecule has 1 amide bonds. The number of hydrogen-bond acceptors (Lipinski definition) is 3. The van der Waals surface area contributed by atoms with E-state index in [0.29, 0.717) is 6.29 Å². The van der Waals surface area contributed by atoms with Gasteiger partial charge < -0.3 is 14.6 Å². The minimum absolute atomic E-state index is 0.142. The molecular formula is C7H11NO4. The van der Waals surface area contributed by atoms with Crippen molar-refractivity contribution in [3.05, 3.63) is 0 Å². The average molecular weight is 173 g/mol. The van der Waals surface area contributed by atoms with Gasteiger partial charge in [0.2, 0.25) is 0 Å². The van der Waals surface area contributed by atoms with Crippen molar-refractivity contribution in [3.8, 4) is 0 Å². The van der Waals surface area contributed by atoms with Gasteiger partial charge in [0.05, 0.1) is 6.61 Å². The maximum Gasteiger partial charge on any atom is 0.410 e. The molecule has 5 nitrogen and oxygen atoms in total. The van der Waals surface area contributed by atoms with Crippen molar-refractivity contribution in [1.82, 2.24) is 4.90 Å². The summed E-state index contributed by atoms with van der Waals surface area (Å²) >= 11 is 0. The molecule has 0 saturated carbocycles. The first kappa shape index (κ1) is 8.99. The first-order valence-corrected chi connectivity index (χ1v) is 3.60. The van der Waals surface area contributed by atoms with Crippen LogP contribution < -0.4 is 0 Å². The summed E-state index contributed by atoms with van der Waals surface area (Å²) in [5.41, 5.74) is -0.891. The quantitative estimate of drug-likeness (QED) is 0.579. The second-order valence-corrected chi connectivity index (χ2v) is 3.11. The van der Waals surface area contributed by atoms with E-state index in [1.165, 1.54) is 0 Å². The summed E-state index contributed by atoms with van der Waals surface area (Å²) in [4.78, 5) is 22.1. The Labute approximate surface area is 69.9 Å². The van der Waals surface area contributed by atoms with Crippen LogP contribution in [-0.2, 0) is 9.53 Å². The lowest BCUT2D eigenvalue weighted by molar-refractivity contribution is -0.112. The summed E-state index contributed by atoms with van der Waals surface area (Å²) in [6, 6.07) is -0.669. The molecular weight excluding hydrogens is 162 g/mol. The van der Waals surface area contributed by atoms with E-state index in [2.05, 4.69) is 0 Å². The van der Waals surface area contributed by atoms with Crippen LogP contribution in [0.25, 0.3) is 0 Å². The highest BCUT2D eigenvalue weighted by molar-refractivity contribution is 5.73. The molecule has 68 valence electrons. The van der Waals surface area contributed by atoms with E-state index < -0.39 is 17.9 Å². The zero-order valence-electron chi connectivity index (χ0n) is 6.98. The fraction of sp³-hybridized carbons (Fsp3) is 0.714. The van der Waals surface area contributed by atoms with Crippen LogP contribution in [0.15, 0.2) is 0 Å². The Morgan fingerprint density at radius 3 is 2.67 bits per heavy atom. The van der Waals surface area contributed by atoms with E-state index in [-0.39, 0.29) is 6.61 Å². The van der Waals surface area contributed by atoms with Crippen molar-refractivity contribution in [2.75, 3.05) is 6.61 Å². The first-order valence-electron chi connectivity index (χ1n) is 3.60. The lowest BCUT2D eigenvalue weighted by Gasteiger charge is -2.28. The molecule has 1 aliphatic rings. The molecule has 0 spiro atoms. The highest BCUT2D eigenvalue weighted by atomic mass is 16.5. The van der Waals surface area contributed by atoms with Gasteiger partial charge in [-0.05, 0) is 13.8 Å². The third kappa shape index (κ3) is 1.27. The second kappa shape index (κ2) is 2.75. The predicted molar refractivity (Wildman–Crippen MR) is 39.7 cm³/mol. The first-order chi connectivity index (χ1) is 5.49. The average Bonchev–Trinajstić information content (AvgIpc) is 2.24. The molecule has 0 unspecified atom stereocenters. The molecule has 0 aromatic heterocycles. The lowest BCUT2D eigenvalue weighted by atomic mass is 10.2. The fourth-order valence-electron chi connectivity index (χ4n) is 1.31. The van der Waals surface area contributed by atoms with Crippen molar-refractivity contribution >= 4 is 12.4 Å². The molecule has 0 radical (unpaired) electrons. The number of amides is 1. The van der Waals surface area contributed by atoms with Crippen molar-refractivity contribution < 1.29 is 19.4 Å². The van der Waals surface area contributed by atoms with Gasteiger partial charge in [0.1, 0.15) is 18.1 Å². The molecule has 0 bridgehead atoms. The van der Waals surface area contributed by atoms with E-state index in [0.717, 1.165) is 4.90 Å². The maximum absolute atomic E-state index is 10.7. The van der Waals surface area contributed by atoms with E-state index in [4.69, 9.17) is 9.84 Å². The van der Waals surface area contributed by atoms with Crippen LogP contribution in [0.4, 0.5) is 4.79 Å². The van der Waals surface area contributed by atoms with Gasteiger partial charge >= 0.3 is 6.09 Å². The third-order valence-corrected chi connectivity index (χ3v) is 1.88. The molecule has 0 aromatic rings. The number of carboxylic acid groups (broad SMARTS) is 1. The van der Waals surface area contributed by atoms with E-state index in [9.17, 15) is 9.59 Å². The van der Waals surface area contributed by atoms with Crippen molar-refractivity contribution in [3.63, 3.8) is 0 Å². The Balaban J connectivity index is 2.87. The number of carbonyl (C=O) groups excluding carboxylic acids is 1. The Morgan fingerprint density at radius 1 is 1.75 bits per heavy atom. The maximum atomic E-state index is 10.7. The molecule has 5 heteroatoms. The summed E-state index contributed by atoms with van der Waals surface area (Å²) in [7, 11) is 0. The highest BCUT2D eigenvalue weighted by Gasteiger charge is 2.43. The van der Waals surface area contributed by atoms with Gasteiger partial charge in [0.15, 0.2) is 0 Å². The Morgan fingerprint density at radius 2 is 2.33 bits per heavy atom. The van der Waals surface area contributed by atoms with Crippen LogP contribution in [0.1, 0.15) is 13.8 Å². The Hall–Kier alpha value is -1.10. The molecule has 1 fully saturated rings. The number of hydrogen-bond donors (Lipinski definition) is 1. The smallest absolute Gasteiger partial charge is 0.410 e. The molecule has 1 rings (SSSR count). The molecule has 1 atom stereocenters. The minimum Gasteiger partial charge on any atom is -0.465 e. The predicted octanol–water partition coefficient (Wildman–Crippen LogP) is 0.300.